The molecule has 0 saturated carbocycles. The van der Waals surface area contributed by atoms with Crippen molar-refractivity contribution in [1.29, 1.82) is 0 Å². The molecule has 0 unspecified atom stereocenters. The minimum absolute atomic E-state index is 0.573. The Balaban J connectivity index is 1.34. The van der Waals surface area contributed by atoms with Crippen LogP contribution in [0.1, 0.15) is 24.5 Å². The van der Waals surface area contributed by atoms with Crippen LogP contribution in [-0.4, -0.2) is 29.9 Å². The number of fused-ring (bicyclic) bond motifs is 1. The van der Waals surface area contributed by atoms with Crippen LogP contribution in [0.3, 0.4) is 0 Å². The van der Waals surface area contributed by atoms with Crippen LogP contribution < -0.4 is 0 Å². The average molecular weight is 595 g/mol. The highest BCUT2D eigenvalue weighted by Crippen LogP contribution is 2.32. The van der Waals surface area contributed by atoms with Crippen LogP contribution in [0.25, 0.3) is 68.0 Å². The maximum atomic E-state index is 4.96. The van der Waals surface area contributed by atoms with Crippen molar-refractivity contribution < 1.29 is 0 Å². The van der Waals surface area contributed by atoms with Crippen molar-refractivity contribution in [3.8, 4) is 45.6 Å². The van der Waals surface area contributed by atoms with Crippen molar-refractivity contribution in [2.75, 3.05) is 0 Å². The lowest BCUT2D eigenvalue weighted by Gasteiger charge is -2.12. The minimum Gasteiger partial charge on any atom is -0.209 e. The van der Waals surface area contributed by atoms with E-state index in [2.05, 4.69) is 55.1 Å². The van der Waals surface area contributed by atoms with Gasteiger partial charge in [-0.1, -0.05) is 140 Å². The first kappa shape index (κ1) is 28.6. The summed E-state index contributed by atoms with van der Waals surface area (Å²) in [5.41, 5.74) is 4.82. The Bertz CT molecular complexity index is 2160. The monoisotopic (exact) mass is 594 g/mol. The quantitative estimate of drug-likeness (QED) is 0.163. The molecule has 6 heteroatoms. The van der Waals surface area contributed by atoms with Crippen LogP contribution in [0.2, 0.25) is 0 Å². The SMILES string of the molecule is C=C/C=C\C=C\c1nc(-c2ccccc2)nc(-c2cccc3cc(-c4nc(C5=CC=CCC5)nc(-c5ccccc5)n4)ccc23)n1. The second kappa shape index (κ2) is 13.2. The van der Waals surface area contributed by atoms with Gasteiger partial charge in [-0.2, -0.15) is 0 Å². The van der Waals surface area contributed by atoms with Crippen molar-refractivity contribution in [2.24, 2.45) is 0 Å². The summed E-state index contributed by atoms with van der Waals surface area (Å²) in [5.74, 6) is 3.80. The fourth-order valence-electron chi connectivity index (χ4n) is 5.36. The summed E-state index contributed by atoms with van der Waals surface area (Å²) in [7, 11) is 0. The zero-order chi connectivity index (χ0) is 31.1. The topological polar surface area (TPSA) is 77.3 Å². The Labute approximate surface area is 268 Å². The van der Waals surface area contributed by atoms with Gasteiger partial charge in [-0.3, -0.25) is 0 Å². The molecule has 220 valence electrons. The molecule has 6 aromatic rings. The van der Waals surface area contributed by atoms with Crippen LogP contribution in [0, 0.1) is 0 Å². The standard InChI is InChI=1S/C40H30N6/c1-2-3-4-14-24-35-41-36(28-16-8-5-9-17-28)46-40(42-35)34-23-15-22-31-27-32(25-26-33(31)34)39-44-37(29-18-10-6-11-19-29)43-38(45-39)30-20-12-7-13-21-30/h2-12,14-20,22-27H,1,13,21H2/b4-3-,24-14+. The largest absolute Gasteiger partial charge is 0.209 e. The molecule has 0 bridgehead atoms. The number of aromatic nitrogens is 6. The maximum Gasteiger partial charge on any atom is 0.164 e. The van der Waals surface area contributed by atoms with E-state index in [1.54, 1.807) is 6.08 Å². The van der Waals surface area contributed by atoms with Crippen LogP contribution in [-0.2, 0) is 0 Å². The molecular formula is C40H30N6. The zero-order valence-corrected chi connectivity index (χ0v) is 25.2. The molecule has 2 aromatic heterocycles. The fourth-order valence-corrected chi connectivity index (χ4v) is 5.36. The summed E-state index contributed by atoms with van der Waals surface area (Å²) in [6.07, 6.45) is 17.5. The molecular weight excluding hydrogens is 564 g/mol. The summed E-state index contributed by atoms with van der Waals surface area (Å²) < 4.78 is 0. The highest BCUT2D eigenvalue weighted by Gasteiger charge is 2.16. The lowest BCUT2D eigenvalue weighted by Crippen LogP contribution is -2.03. The summed E-state index contributed by atoms with van der Waals surface area (Å²) >= 11 is 0. The zero-order valence-electron chi connectivity index (χ0n) is 25.2. The Hall–Kier alpha value is -6.14. The van der Waals surface area contributed by atoms with Gasteiger partial charge in [0, 0.05) is 22.3 Å². The van der Waals surface area contributed by atoms with Crippen molar-refractivity contribution in [2.45, 2.75) is 12.8 Å². The van der Waals surface area contributed by atoms with Gasteiger partial charge in [0.2, 0.25) is 0 Å². The van der Waals surface area contributed by atoms with E-state index >= 15 is 0 Å². The average Bonchev–Trinajstić information content (AvgIpc) is 3.13. The molecule has 0 N–H and O–H groups in total. The molecule has 0 aliphatic heterocycles. The molecule has 1 aliphatic carbocycles. The van der Waals surface area contributed by atoms with Crippen LogP contribution >= 0.6 is 0 Å². The Morgan fingerprint density at radius 1 is 0.565 bits per heavy atom. The van der Waals surface area contributed by atoms with Crippen LogP contribution in [0.5, 0.6) is 0 Å². The van der Waals surface area contributed by atoms with Gasteiger partial charge in [0.25, 0.3) is 0 Å². The maximum absolute atomic E-state index is 4.96. The van der Waals surface area contributed by atoms with Gasteiger partial charge in [0.1, 0.15) is 0 Å². The van der Waals surface area contributed by atoms with Crippen molar-refractivity contribution in [1.82, 2.24) is 29.9 Å². The third-order valence-electron chi connectivity index (χ3n) is 7.64. The second-order valence-electron chi connectivity index (χ2n) is 10.8. The molecule has 0 radical (unpaired) electrons. The third-order valence-corrected chi connectivity index (χ3v) is 7.64. The molecule has 0 saturated heterocycles. The highest BCUT2D eigenvalue weighted by molar-refractivity contribution is 5.97. The van der Waals surface area contributed by atoms with Crippen molar-refractivity contribution >= 4 is 22.4 Å². The van der Waals surface area contributed by atoms with E-state index in [1.807, 2.05) is 91.0 Å². The molecule has 4 aromatic carbocycles. The molecule has 6 nitrogen and oxygen atoms in total. The molecule has 0 atom stereocenters. The van der Waals surface area contributed by atoms with E-state index in [-0.39, 0.29) is 0 Å². The van der Waals surface area contributed by atoms with Gasteiger partial charge in [-0.15, -0.1) is 0 Å². The van der Waals surface area contributed by atoms with E-state index in [4.69, 9.17) is 29.9 Å². The second-order valence-corrected chi connectivity index (χ2v) is 10.8. The van der Waals surface area contributed by atoms with Gasteiger partial charge in [-0.05, 0) is 41.3 Å². The van der Waals surface area contributed by atoms with E-state index in [0.29, 0.717) is 34.9 Å². The number of nitrogens with zero attached hydrogens (tertiary/aromatic N) is 6. The molecule has 46 heavy (non-hydrogen) atoms. The van der Waals surface area contributed by atoms with Crippen molar-refractivity contribution in [3.63, 3.8) is 0 Å². The Kier molecular flexibility index (Phi) is 8.24. The smallest absolute Gasteiger partial charge is 0.164 e. The molecule has 1 aliphatic rings. The first-order valence-electron chi connectivity index (χ1n) is 15.2. The number of benzene rings is 4. The van der Waals surface area contributed by atoms with E-state index in [1.165, 1.54) is 0 Å². The van der Waals surface area contributed by atoms with Crippen molar-refractivity contribution in [3.05, 3.63) is 158 Å². The highest BCUT2D eigenvalue weighted by atomic mass is 15.0. The minimum atomic E-state index is 0.573. The molecule has 7 rings (SSSR count). The van der Waals surface area contributed by atoms with Gasteiger partial charge in [-0.25, -0.2) is 29.9 Å². The Morgan fingerprint density at radius 3 is 1.96 bits per heavy atom. The molecule has 0 fully saturated rings. The first-order valence-corrected chi connectivity index (χ1v) is 15.2. The van der Waals surface area contributed by atoms with E-state index in [0.717, 1.165) is 51.4 Å². The summed E-state index contributed by atoms with van der Waals surface area (Å²) in [6.45, 7) is 3.73. The number of rotatable bonds is 8. The number of allylic oxidation sites excluding steroid dienone is 8. The lowest BCUT2D eigenvalue weighted by atomic mass is 10.0. The fraction of sp³-hybridized carbons (Fsp3) is 0.0500. The summed E-state index contributed by atoms with van der Waals surface area (Å²) in [4.78, 5) is 29.3. The number of hydrogen-bond donors (Lipinski definition) is 0. The van der Waals surface area contributed by atoms with Gasteiger partial charge < -0.3 is 0 Å². The van der Waals surface area contributed by atoms with Gasteiger partial charge in [0.15, 0.2) is 34.9 Å². The van der Waals surface area contributed by atoms with Crippen LogP contribution in [0.4, 0.5) is 0 Å². The van der Waals surface area contributed by atoms with E-state index < -0.39 is 0 Å². The first-order chi connectivity index (χ1) is 22.7. The van der Waals surface area contributed by atoms with Gasteiger partial charge in [0.05, 0.1) is 0 Å². The lowest BCUT2D eigenvalue weighted by molar-refractivity contribution is 0.978. The normalized spacial score (nSPS) is 13.0. The predicted octanol–water partition coefficient (Wildman–Crippen LogP) is 9.37. The predicted molar refractivity (Wildman–Crippen MR) is 187 cm³/mol. The number of hydrogen-bond acceptors (Lipinski definition) is 6. The third kappa shape index (κ3) is 6.23. The summed E-state index contributed by atoms with van der Waals surface area (Å²) in [6, 6.07) is 32.5. The van der Waals surface area contributed by atoms with E-state index in [9.17, 15) is 0 Å². The van der Waals surface area contributed by atoms with Crippen LogP contribution in [0.15, 0.2) is 146 Å². The molecule has 0 spiro atoms. The molecule has 2 heterocycles. The molecule has 0 amide bonds. The summed E-state index contributed by atoms with van der Waals surface area (Å²) in [5, 5.41) is 2.06. The van der Waals surface area contributed by atoms with Gasteiger partial charge >= 0.3 is 0 Å². The Morgan fingerprint density at radius 2 is 1.24 bits per heavy atom.